The summed E-state index contributed by atoms with van der Waals surface area (Å²) in [5, 5.41) is 2.78. The van der Waals surface area contributed by atoms with Crippen molar-refractivity contribution < 1.29 is 17.6 Å². The van der Waals surface area contributed by atoms with Gasteiger partial charge >= 0.3 is 0 Å². The molecule has 0 aliphatic rings. The summed E-state index contributed by atoms with van der Waals surface area (Å²) in [6, 6.07) is 16.9. The van der Waals surface area contributed by atoms with Crippen molar-refractivity contribution >= 4 is 21.6 Å². The highest BCUT2D eigenvalue weighted by atomic mass is 32.2. The summed E-state index contributed by atoms with van der Waals surface area (Å²) in [4.78, 5) is 12.5. The molecule has 0 aliphatic heterocycles. The monoisotopic (exact) mass is 412 g/mol. The van der Waals surface area contributed by atoms with Crippen LogP contribution in [0.4, 0.5) is 5.69 Å². The third-order valence-electron chi connectivity index (χ3n) is 4.30. The number of amides is 1. The van der Waals surface area contributed by atoms with Gasteiger partial charge in [-0.25, -0.2) is 13.1 Å². The van der Waals surface area contributed by atoms with E-state index in [1.54, 1.807) is 36.4 Å². The summed E-state index contributed by atoms with van der Waals surface area (Å²) in [5.74, 6) is 0.836. The first-order valence-corrected chi connectivity index (χ1v) is 10.8. The first kappa shape index (κ1) is 20.8. The van der Waals surface area contributed by atoms with E-state index in [2.05, 4.69) is 23.9 Å². The molecule has 0 aliphatic carbocycles. The number of furan rings is 1. The van der Waals surface area contributed by atoms with Gasteiger partial charge in [-0.05, 0) is 66.4 Å². The maximum absolute atomic E-state index is 12.4. The van der Waals surface area contributed by atoms with Crippen molar-refractivity contribution in [2.24, 2.45) is 5.92 Å². The summed E-state index contributed by atoms with van der Waals surface area (Å²) in [7, 11) is -3.67. The number of hydrogen-bond donors (Lipinski definition) is 2. The summed E-state index contributed by atoms with van der Waals surface area (Å²) in [5.41, 5.74) is 2.26. The van der Waals surface area contributed by atoms with Crippen molar-refractivity contribution in [2.45, 2.75) is 31.7 Å². The SMILES string of the molecule is CC(C)Cc1ccc(C(=O)Nc2ccc(S(=O)(=O)NCc3ccco3)cc2)cc1. The van der Waals surface area contributed by atoms with Gasteiger partial charge in [0, 0.05) is 11.3 Å². The molecule has 1 aromatic heterocycles. The van der Waals surface area contributed by atoms with Crippen molar-refractivity contribution in [3.63, 3.8) is 0 Å². The summed E-state index contributed by atoms with van der Waals surface area (Å²) >= 11 is 0. The van der Waals surface area contributed by atoms with E-state index >= 15 is 0 Å². The maximum atomic E-state index is 12.4. The average molecular weight is 413 g/mol. The maximum Gasteiger partial charge on any atom is 0.255 e. The van der Waals surface area contributed by atoms with E-state index in [0.29, 0.717) is 22.9 Å². The van der Waals surface area contributed by atoms with Crippen molar-refractivity contribution in [1.82, 2.24) is 4.72 Å². The molecule has 0 bridgehead atoms. The van der Waals surface area contributed by atoms with Gasteiger partial charge in [-0.3, -0.25) is 4.79 Å². The van der Waals surface area contributed by atoms with E-state index in [1.165, 1.54) is 24.0 Å². The topological polar surface area (TPSA) is 88.4 Å². The van der Waals surface area contributed by atoms with Crippen molar-refractivity contribution in [3.05, 3.63) is 83.8 Å². The Balaban J connectivity index is 1.61. The minimum absolute atomic E-state index is 0.0701. The van der Waals surface area contributed by atoms with E-state index < -0.39 is 10.0 Å². The molecule has 1 heterocycles. The Bertz CT molecular complexity index is 1040. The second kappa shape index (κ2) is 9.07. The summed E-state index contributed by atoms with van der Waals surface area (Å²) in [6.45, 7) is 4.37. The lowest BCUT2D eigenvalue weighted by Gasteiger charge is -2.09. The van der Waals surface area contributed by atoms with E-state index in [0.717, 1.165) is 6.42 Å². The van der Waals surface area contributed by atoms with Crippen LogP contribution < -0.4 is 10.0 Å². The molecule has 29 heavy (non-hydrogen) atoms. The van der Waals surface area contributed by atoms with Gasteiger partial charge < -0.3 is 9.73 Å². The predicted octanol–water partition coefficient (Wildman–Crippen LogP) is 4.21. The standard InChI is InChI=1S/C22H24N2O4S/c1-16(2)14-17-5-7-18(8-6-17)22(25)24-19-9-11-21(12-10-19)29(26,27)23-15-20-4-3-13-28-20/h3-13,16,23H,14-15H2,1-2H3,(H,24,25). The Morgan fingerprint density at radius 2 is 1.69 bits per heavy atom. The number of sulfonamides is 1. The molecule has 3 aromatic rings. The van der Waals surface area contributed by atoms with Gasteiger partial charge in [-0.1, -0.05) is 26.0 Å². The molecule has 2 aromatic carbocycles. The zero-order chi connectivity index (χ0) is 20.9. The third-order valence-corrected chi connectivity index (χ3v) is 5.72. The van der Waals surface area contributed by atoms with Gasteiger partial charge in [0.05, 0.1) is 17.7 Å². The number of rotatable bonds is 8. The Morgan fingerprint density at radius 1 is 1.00 bits per heavy atom. The number of anilines is 1. The Morgan fingerprint density at radius 3 is 2.28 bits per heavy atom. The first-order chi connectivity index (χ1) is 13.8. The quantitative estimate of drug-likeness (QED) is 0.580. The molecule has 7 heteroatoms. The second-order valence-electron chi connectivity index (χ2n) is 7.18. The van der Waals surface area contributed by atoms with Gasteiger partial charge in [0.2, 0.25) is 10.0 Å². The Labute approximate surface area is 171 Å². The fourth-order valence-corrected chi connectivity index (χ4v) is 3.84. The molecule has 0 spiro atoms. The molecular formula is C22H24N2O4S. The van der Waals surface area contributed by atoms with Crippen LogP contribution in [0.5, 0.6) is 0 Å². The van der Waals surface area contributed by atoms with E-state index in [-0.39, 0.29) is 17.3 Å². The molecule has 3 rings (SSSR count). The lowest BCUT2D eigenvalue weighted by Crippen LogP contribution is -2.23. The zero-order valence-electron chi connectivity index (χ0n) is 16.4. The molecule has 2 N–H and O–H groups in total. The predicted molar refractivity (Wildman–Crippen MR) is 112 cm³/mol. The van der Waals surface area contributed by atoms with Crippen LogP contribution in [0.25, 0.3) is 0 Å². The molecule has 152 valence electrons. The van der Waals surface area contributed by atoms with Crippen LogP contribution in [-0.2, 0) is 23.0 Å². The molecule has 0 saturated heterocycles. The van der Waals surface area contributed by atoms with Gasteiger partial charge in [-0.15, -0.1) is 0 Å². The fraction of sp³-hybridized carbons (Fsp3) is 0.227. The van der Waals surface area contributed by atoms with Crippen LogP contribution in [0, 0.1) is 5.92 Å². The van der Waals surface area contributed by atoms with Crippen LogP contribution in [0.2, 0.25) is 0 Å². The van der Waals surface area contributed by atoms with Crippen LogP contribution in [0.15, 0.2) is 76.2 Å². The molecule has 6 nitrogen and oxygen atoms in total. The van der Waals surface area contributed by atoms with Gasteiger partial charge in [0.25, 0.3) is 5.91 Å². The Hall–Kier alpha value is -2.90. The lowest BCUT2D eigenvalue weighted by atomic mass is 10.0. The molecule has 0 unspecified atom stereocenters. The van der Waals surface area contributed by atoms with Crippen LogP contribution >= 0.6 is 0 Å². The molecule has 0 fully saturated rings. The molecule has 0 saturated carbocycles. The van der Waals surface area contributed by atoms with Crippen molar-refractivity contribution in [2.75, 3.05) is 5.32 Å². The molecular weight excluding hydrogens is 388 g/mol. The minimum Gasteiger partial charge on any atom is -0.468 e. The summed E-state index contributed by atoms with van der Waals surface area (Å²) in [6.07, 6.45) is 2.45. The van der Waals surface area contributed by atoms with Crippen LogP contribution in [0.3, 0.4) is 0 Å². The van der Waals surface area contributed by atoms with E-state index in [1.807, 2.05) is 12.1 Å². The third kappa shape index (κ3) is 5.79. The van der Waals surface area contributed by atoms with Gasteiger partial charge in [-0.2, -0.15) is 0 Å². The number of hydrogen-bond acceptors (Lipinski definition) is 4. The van der Waals surface area contributed by atoms with Crippen LogP contribution in [0.1, 0.15) is 35.5 Å². The normalized spacial score (nSPS) is 11.6. The molecule has 0 radical (unpaired) electrons. The second-order valence-corrected chi connectivity index (χ2v) is 8.94. The number of nitrogens with one attached hydrogen (secondary N) is 2. The highest BCUT2D eigenvalue weighted by Crippen LogP contribution is 2.16. The summed E-state index contributed by atoms with van der Waals surface area (Å²) < 4.78 is 32.3. The van der Waals surface area contributed by atoms with E-state index in [9.17, 15) is 13.2 Å². The minimum atomic E-state index is -3.67. The fourth-order valence-electron chi connectivity index (χ4n) is 2.85. The number of carbonyl (C=O) groups excluding carboxylic acids is 1. The largest absolute Gasteiger partial charge is 0.468 e. The van der Waals surface area contributed by atoms with Crippen molar-refractivity contribution in [1.29, 1.82) is 0 Å². The van der Waals surface area contributed by atoms with Crippen molar-refractivity contribution in [3.8, 4) is 0 Å². The highest BCUT2D eigenvalue weighted by molar-refractivity contribution is 7.89. The smallest absolute Gasteiger partial charge is 0.255 e. The number of carbonyl (C=O) groups is 1. The van der Waals surface area contributed by atoms with Gasteiger partial charge in [0.15, 0.2) is 0 Å². The van der Waals surface area contributed by atoms with Crippen LogP contribution in [-0.4, -0.2) is 14.3 Å². The molecule has 1 amide bonds. The highest BCUT2D eigenvalue weighted by Gasteiger charge is 2.15. The molecule has 0 atom stereocenters. The zero-order valence-corrected chi connectivity index (χ0v) is 17.2. The number of benzene rings is 2. The Kier molecular flexibility index (Phi) is 6.51. The van der Waals surface area contributed by atoms with E-state index in [4.69, 9.17) is 4.42 Å². The van der Waals surface area contributed by atoms with Gasteiger partial charge in [0.1, 0.15) is 5.76 Å². The lowest BCUT2D eigenvalue weighted by molar-refractivity contribution is 0.102. The average Bonchev–Trinajstić information content (AvgIpc) is 3.21. The first-order valence-electron chi connectivity index (χ1n) is 9.36.